The summed E-state index contributed by atoms with van der Waals surface area (Å²) in [5, 5.41) is 7.67. The van der Waals surface area contributed by atoms with Crippen LogP contribution in [0.4, 0.5) is 23.7 Å². The zero-order chi connectivity index (χ0) is 33.0. The van der Waals surface area contributed by atoms with Crippen molar-refractivity contribution < 1.29 is 32.2 Å². The van der Waals surface area contributed by atoms with Crippen molar-refractivity contribution in [3.05, 3.63) is 84.2 Å². The fourth-order valence-corrected chi connectivity index (χ4v) is 5.75. The van der Waals surface area contributed by atoms with Crippen molar-refractivity contribution in [1.82, 2.24) is 20.1 Å². The first kappa shape index (κ1) is 32.5. The number of aliphatic imine (C=N–C) groups is 1. The van der Waals surface area contributed by atoms with Crippen LogP contribution in [0.1, 0.15) is 50.3 Å². The predicted molar refractivity (Wildman–Crippen MR) is 170 cm³/mol. The van der Waals surface area contributed by atoms with Gasteiger partial charge in [-0.05, 0) is 53.8 Å². The fourth-order valence-electron chi connectivity index (χ4n) is 4.89. The molecular weight excluding hydrogens is 621 g/mol. The lowest BCUT2D eigenvalue weighted by molar-refractivity contribution is -0.274. The van der Waals surface area contributed by atoms with Crippen LogP contribution in [0.3, 0.4) is 0 Å². The van der Waals surface area contributed by atoms with E-state index in [2.05, 4.69) is 25.1 Å². The van der Waals surface area contributed by atoms with Crippen molar-refractivity contribution in [2.24, 2.45) is 4.99 Å². The van der Waals surface area contributed by atoms with Crippen LogP contribution >= 0.6 is 11.8 Å². The number of amidine groups is 1. The van der Waals surface area contributed by atoms with Gasteiger partial charge in [-0.25, -0.2) is 14.5 Å². The number of anilines is 1. The van der Waals surface area contributed by atoms with Gasteiger partial charge in [0.1, 0.15) is 17.8 Å². The number of nitrogens with zero attached hydrogens (tertiary/aromatic N) is 5. The van der Waals surface area contributed by atoms with Crippen molar-refractivity contribution in [3.63, 3.8) is 0 Å². The largest absolute Gasteiger partial charge is 0.573 e. The van der Waals surface area contributed by atoms with Gasteiger partial charge in [0.25, 0.3) is 0 Å². The Bertz CT molecular complexity index is 1740. The highest BCUT2D eigenvalue weighted by Crippen LogP contribution is 2.36. The topological polar surface area (TPSA) is 111 Å². The first-order chi connectivity index (χ1) is 22.0. The van der Waals surface area contributed by atoms with Gasteiger partial charge in [0.05, 0.1) is 30.3 Å². The van der Waals surface area contributed by atoms with Gasteiger partial charge in [-0.15, -0.1) is 18.3 Å². The van der Waals surface area contributed by atoms with Crippen molar-refractivity contribution >= 4 is 34.6 Å². The summed E-state index contributed by atoms with van der Waals surface area (Å²) in [7, 11) is 1.56. The molecule has 2 heterocycles. The first-order valence-corrected chi connectivity index (χ1v) is 15.3. The molecule has 1 aliphatic heterocycles. The third-order valence-corrected chi connectivity index (χ3v) is 8.09. The van der Waals surface area contributed by atoms with E-state index in [1.54, 1.807) is 13.2 Å². The first-order valence-electron chi connectivity index (χ1n) is 14.4. The van der Waals surface area contributed by atoms with Gasteiger partial charge in [-0.2, -0.15) is 4.99 Å². The number of hydrogen-bond donors (Lipinski definition) is 1. The van der Waals surface area contributed by atoms with Gasteiger partial charge >= 0.3 is 12.4 Å². The van der Waals surface area contributed by atoms with Crippen LogP contribution in [0.2, 0.25) is 0 Å². The highest BCUT2D eigenvalue weighted by Gasteiger charge is 2.33. The minimum atomic E-state index is -4.77. The van der Waals surface area contributed by atoms with E-state index in [9.17, 15) is 22.8 Å². The quantitative estimate of drug-likeness (QED) is 0.203. The molecule has 0 aliphatic carbocycles. The Morgan fingerprint density at radius 1 is 1.07 bits per heavy atom. The molecule has 3 amide bonds. The minimum absolute atomic E-state index is 0.124. The van der Waals surface area contributed by atoms with Gasteiger partial charge in [-0.3, -0.25) is 9.69 Å². The van der Waals surface area contributed by atoms with Crippen molar-refractivity contribution in [1.29, 1.82) is 0 Å². The molecule has 4 aromatic rings. The van der Waals surface area contributed by atoms with Crippen LogP contribution in [-0.2, 0) is 4.79 Å². The molecule has 10 nitrogen and oxygen atoms in total. The number of hydrogen-bond acceptors (Lipinski definition) is 7. The number of rotatable bonds is 9. The number of alkyl halides is 3. The molecule has 1 N–H and O–H groups in total. The molecule has 0 bridgehead atoms. The lowest BCUT2D eigenvalue weighted by atomic mass is 10.00. The van der Waals surface area contributed by atoms with Crippen molar-refractivity contribution in [2.75, 3.05) is 17.8 Å². The maximum Gasteiger partial charge on any atom is 0.573 e. The van der Waals surface area contributed by atoms with Crippen LogP contribution in [0, 0.1) is 0 Å². The van der Waals surface area contributed by atoms with E-state index in [-0.39, 0.29) is 29.4 Å². The maximum atomic E-state index is 13.1. The second-order valence-electron chi connectivity index (χ2n) is 10.6. The fraction of sp³-hybridized carbons (Fsp3) is 0.281. The molecule has 1 unspecified atom stereocenters. The number of carbonyl (C=O) groups excluding carboxylic acids is 2. The molecule has 0 radical (unpaired) electrons. The van der Waals surface area contributed by atoms with Gasteiger partial charge in [-0.1, -0.05) is 62.9 Å². The molecular formula is C32H31F3N6O4S. The SMILES string of the molecule is CCC(NC(=O)/N=C1\SCC(=O)N1c1cc(OC)ccc1C(C)C)c1ccc(-c2ncn(-c3ccc(OC(F)(F)F)cc3)n2)cc1. The van der Waals surface area contributed by atoms with Gasteiger partial charge < -0.3 is 14.8 Å². The van der Waals surface area contributed by atoms with E-state index in [4.69, 9.17) is 4.74 Å². The third kappa shape index (κ3) is 7.50. The Hall–Kier alpha value is -4.85. The lowest BCUT2D eigenvalue weighted by Crippen LogP contribution is -2.33. The monoisotopic (exact) mass is 652 g/mol. The van der Waals surface area contributed by atoms with Gasteiger partial charge in [0.2, 0.25) is 5.91 Å². The van der Waals surface area contributed by atoms with E-state index >= 15 is 0 Å². The van der Waals surface area contributed by atoms with E-state index in [0.29, 0.717) is 40.1 Å². The normalized spacial score (nSPS) is 15.0. The summed E-state index contributed by atoms with van der Waals surface area (Å²) in [5.41, 5.74) is 3.62. The summed E-state index contributed by atoms with van der Waals surface area (Å²) >= 11 is 1.21. The number of ether oxygens (including phenoxy) is 2. The molecule has 46 heavy (non-hydrogen) atoms. The molecule has 1 atom stereocenters. The Kier molecular flexibility index (Phi) is 9.65. The average molecular weight is 653 g/mol. The highest BCUT2D eigenvalue weighted by atomic mass is 32.2. The summed E-state index contributed by atoms with van der Waals surface area (Å²) in [6.45, 7) is 5.99. The number of aromatic nitrogens is 3. The molecule has 1 fully saturated rings. The van der Waals surface area contributed by atoms with Crippen molar-refractivity contribution in [2.45, 2.75) is 45.5 Å². The van der Waals surface area contributed by atoms with Crippen LogP contribution in [-0.4, -0.2) is 51.1 Å². The second-order valence-corrected chi connectivity index (χ2v) is 11.5. The Morgan fingerprint density at radius 2 is 1.76 bits per heavy atom. The molecule has 1 aromatic heterocycles. The van der Waals surface area contributed by atoms with Crippen LogP contribution in [0.5, 0.6) is 11.5 Å². The summed E-state index contributed by atoms with van der Waals surface area (Å²) in [6, 6.07) is 17.2. The summed E-state index contributed by atoms with van der Waals surface area (Å²) in [5.74, 6) is 0.796. The molecule has 3 aromatic carbocycles. The van der Waals surface area contributed by atoms with Crippen molar-refractivity contribution in [3.8, 4) is 28.6 Å². The van der Waals surface area contributed by atoms with E-state index in [1.165, 1.54) is 51.9 Å². The standard InChI is InChI=1S/C32H31F3N6O4S/c1-5-26(37-30(43)38-31-41(28(42)17-46-31)27-16-24(44-4)14-15-25(27)19(2)3)20-6-8-21(9-7-20)29-36-18-40(39-29)22-10-12-23(13-11-22)45-32(33,34)35/h6-16,18-19,26H,5,17H2,1-4H3,(H,37,43)/b38-31-. The van der Waals surface area contributed by atoms with Crippen LogP contribution < -0.4 is 19.7 Å². The number of urea groups is 1. The van der Waals surface area contributed by atoms with Gasteiger partial charge in [0, 0.05) is 11.6 Å². The maximum absolute atomic E-state index is 13.1. The number of methoxy groups -OCH3 is 1. The van der Waals surface area contributed by atoms with Crippen LogP contribution in [0.15, 0.2) is 78.0 Å². The number of benzene rings is 3. The zero-order valence-corrected chi connectivity index (χ0v) is 26.2. The summed E-state index contributed by atoms with van der Waals surface area (Å²) < 4.78 is 48.1. The third-order valence-electron chi connectivity index (χ3n) is 7.17. The van der Waals surface area contributed by atoms with Crippen LogP contribution in [0.25, 0.3) is 17.1 Å². The summed E-state index contributed by atoms with van der Waals surface area (Å²) in [6.07, 6.45) is -2.73. The Balaban J connectivity index is 1.28. The number of carbonyl (C=O) groups is 2. The zero-order valence-electron chi connectivity index (χ0n) is 25.4. The predicted octanol–water partition coefficient (Wildman–Crippen LogP) is 7.26. The lowest BCUT2D eigenvalue weighted by Gasteiger charge is -2.22. The van der Waals surface area contributed by atoms with E-state index in [1.807, 2.05) is 57.2 Å². The van der Waals surface area contributed by atoms with E-state index < -0.39 is 12.4 Å². The second kappa shape index (κ2) is 13.6. The average Bonchev–Trinajstić information content (AvgIpc) is 3.66. The minimum Gasteiger partial charge on any atom is -0.497 e. The Labute approximate surface area is 267 Å². The molecule has 1 saturated heterocycles. The molecule has 0 spiro atoms. The smallest absolute Gasteiger partial charge is 0.497 e. The number of amides is 3. The molecule has 14 heteroatoms. The van der Waals surface area contributed by atoms with E-state index in [0.717, 1.165) is 11.1 Å². The number of thioether (sulfide) groups is 1. The number of nitrogens with one attached hydrogen (secondary N) is 1. The molecule has 0 saturated carbocycles. The molecule has 240 valence electrons. The molecule has 1 aliphatic rings. The Morgan fingerprint density at radius 3 is 2.39 bits per heavy atom. The number of halogens is 3. The summed E-state index contributed by atoms with van der Waals surface area (Å²) in [4.78, 5) is 36.1. The highest BCUT2D eigenvalue weighted by molar-refractivity contribution is 8.15. The van der Waals surface area contributed by atoms with Gasteiger partial charge in [0.15, 0.2) is 11.0 Å². The molecule has 5 rings (SSSR count).